The highest BCUT2D eigenvalue weighted by molar-refractivity contribution is 5.67. The maximum atomic E-state index is 13.5. The fourth-order valence-corrected chi connectivity index (χ4v) is 4.31. The summed E-state index contributed by atoms with van der Waals surface area (Å²) in [6.07, 6.45) is 0.0838. The van der Waals surface area contributed by atoms with Gasteiger partial charge in [-0.1, -0.05) is 30.4 Å². The maximum Gasteiger partial charge on any atom is 0.416 e. The largest absolute Gasteiger partial charge is 0.416 e. The van der Waals surface area contributed by atoms with Crippen molar-refractivity contribution in [2.75, 3.05) is 5.32 Å². The second-order valence-electron chi connectivity index (χ2n) is 7.04. The Labute approximate surface area is 153 Å². The predicted octanol–water partition coefficient (Wildman–Crippen LogP) is 5.75. The lowest BCUT2D eigenvalue weighted by Crippen LogP contribution is -2.31. The number of nitrogens with zero attached hydrogens (tertiary/aromatic N) is 1. The van der Waals surface area contributed by atoms with E-state index < -0.39 is 22.7 Å². The number of nitro groups is 1. The molecule has 4 nitrogen and oxygen atoms in total. The summed E-state index contributed by atoms with van der Waals surface area (Å²) in [4.78, 5) is 10.8. The van der Waals surface area contributed by atoms with Gasteiger partial charge < -0.3 is 5.32 Å². The summed E-state index contributed by atoms with van der Waals surface area (Å²) in [6.45, 7) is 1.74. The Morgan fingerprint density at radius 3 is 2.63 bits per heavy atom. The normalized spacial score (nSPS) is 23.5. The lowest BCUT2D eigenvalue weighted by molar-refractivity contribution is -0.385. The average Bonchev–Trinajstić information content (AvgIpc) is 3.10. The van der Waals surface area contributed by atoms with Crippen LogP contribution in [0.25, 0.3) is 0 Å². The first-order valence-corrected chi connectivity index (χ1v) is 8.65. The van der Waals surface area contributed by atoms with Crippen molar-refractivity contribution in [1.29, 1.82) is 0 Å². The van der Waals surface area contributed by atoms with Gasteiger partial charge in [0.2, 0.25) is 0 Å². The van der Waals surface area contributed by atoms with Gasteiger partial charge in [0, 0.05) is 23.7 Å². The number of nitrogens with one attached hydrogen (secondary N) is 1. The summed E-state index contributed by atoms with van der Waals surface area (Å²) < 4.78 is 40.6. The summed E-state index contributed by atoms with van der Waals surface area (Å²) in [6, 6.07) is 8.10. The van der Waals surface area contributed by atoms with E-state index in [0.717, 1.165) is 11.6 Å². The Hall–Kier alpha value is -2.83. The van der Waals surface area contributed by atoms with Crippen LogP contribution in [-0.4, -0.2) is 4.92 Å². The highest BCUT2D eigenvalue weighted by Gasteiger charge is 2.43. The lowest BCUT2D eigenvalue weighted by Gasteiger charge is -2.39. The predicted molar refractivity (Wildman–Crippen MR) is 95.6 cm³/mol. The van der Waals surface area contributed by atoms with Gasteiger partial charge in [0.1, 0.15) is 0 Å². The molecule has 1 aliphatic heterocycles. The Morgan fingerprint density at radius 2 is 1.93 bits per heavy atom. The molecular weight excluding hydrogens is 357 g/mol. The minimum absolute atomic E-state index is 0.00115. The lowest BCUT2D eigenvalue weighted by atomic mass is 9.75. The van der Waals surface area contributed by atoms with Gasteiger partial charge in [-0.05, 0) is 42.0 Å². The maximum absolute atomic E-state index is 13.5. The summed E-state index contributed by atoms with van der Waals surface area (Å²) >= 11 is 0. The number of alkyl halides is 3. The van der Waals surface area contributed by atoms with Crippen molar-refractivity contribution in [3.63, 3.8) is 0 Å². The number of allylic oxidation sites excluding steroid dienone is 2. The van der Waals surface area contributed by atoms with Crippen LogP contribution in [0.1, 0.15) is 40.6 Å². The number of non-ortho nitro benzene ring substituents is 1. The smallest absolute Gasteiger partial charge is 0.377 e. The van der Waals surface area contributed by atoms with Crippen LogP contribution in [-0.2, 0) is 6.18 Å². The molecule has 2 aliphatic rings. The zero-order chi connectivity index (χ0) is 19.3. The molecule has 3 atom stereocenters. The van der Waals surface area contributed by atoms with E-state index in [9.17, 15) is 23.3 Å². The third kappa shape index (κ3) is 2.87. The third-order valence-electron chi connectivity index (χ3n) is 5.46. The van der Waals surface area contributed by atoms with Gasteiger partial charge in [-0.15, -0.1) is 0 Å². The van der Waals surface area contributed by atoms with Gasteiger partial charge in [0.15, 0.2) is 0 Å². The minimum atomic E-state index is -4.44. The molecule has 1 aliphatic carbocycles. The molecule has 0 amide bonds. The Morgan fingerprint density at radius 1 is 1.19 bits per heavy atom. The van der Waals surface area contributed by atoms with E-state index >= 15 is 0 Å². The van der Waals surface area contributed by atoms with E-state index in [1.54, 1.807) is 13.0 Å². The number of halogens is 3. The highest BCUT2D eigenvalue weighted by Crippen LogP contribution is 2.52. The van der Waals surface area contributed by atoms with Crippen LogP contribution in [0.2, 0.25) is 0 Å². The quantitative estimate of drug-likeness (QED) is 0.414. The first-order valence-electron chi connectivity index (χ1n) is 8.65. The van der Waals surface area contributed by atoms with Crippen LogP contribution in [0.5, 0.6) is 0 Å². The average molecular weight is 374 g/mol. The molecule has 0 spiro atoms. The van der Waals surface area contributed by atoms with Gasteiger partial charge in [0.25, 0.3) is 5.69 Å². The minimum Gasteiger partial charge on any atom is -0.377 e. The van der Waals surface area contributed by atoms with Crippen LogP contribution < -0.4 is 5.32 Å². The van der Waals surface area contributed by atoms with Crippen molar-refractivity contribution < 1.29 is 18.1 Å². The topological polar surface area (TPSA) is 55.2 Å². The molecule has 0 unspecified atom stereocenters. The van der Waals surface area contributed by atoms with Crippen molar-refractivity contribution in [3.05, 3.63) is 80.9 Å². The molecule has 1 heterocycles. The molecular formula is C20H17F3N2O2. The highest BCUT2D eigenvalue weighted by atomic mass is 19.4. The first kappa shape index (κ1) is 17.6. The monoisotopic (exact) mass is 374 g/mol. The third-order valence-corrected chi connectivity index (χ3v) is 5.46. The van der Waals surface area contributed by atoms with Crippen LogP contribution >= 0.6 is 0 Å². The van der Waals surface area contributed by atoms with Crippen molar-refractivity contribution in [2.45, 2.75) is 31.5 Å². The van der Waals surface area contributed by atoms with E-state index in [0.29, 0.717) is 17.7 Å². The Balaban J connectivity index is 1.86. The van der Waals surface area contributed by atoms with Gasteiger partial charge >= 0.3 is 6.18 Å². The molecule has 2 aromatic carbocycles. The summed E-state index contributed by atoms with van der Waals surface area (Å²) in [5.41, 5.74) is 1.70. The second kappa shape index (κ2) is 6.11. The Kier molecular flexibility index (Phi) is 3.98. The van der Waals surface area contributed by atoms with Gasteiger partial charge in [-0.25, -0.2) is 0 Å². The van der Waals surface area contributed by atoms with Crippen LogP contribution in [0.4, 0.5) is 24.5 Å². The molecule has 27 heavy (non-hydrogen) atoms. The zero-order valence-corrected chi connectivity index (χ0v) is 14.5. The van der Waals surface area contributed by atoms with Crippen molar-refractivity contribution in [1.82, 2.24) is 0 Å². The number of aryl methyl sites for hydroxylation is 1. The zero-order valence-electron chi connectivity index (χ0n) is 14.5. The molecule has 1 N–H and O–H groups in total. The van der Waals surface area contributed by atoms with E-state index in [4.69, 9.17) is 0 Å². The molecule has 0 bridgehead atoms. The number of anilines is 1. The van der Waals surface area contributed by atoms with Crippen LogP contribution in [0.3, 0.4) is 0 Å². The molecule has 0 fully saturated rings. The molecule has 0 saturated carbocycles. The number of hydrogen-bond donors (Lipinski definition) is 1. The van der Waals surface area contributed by atoms with Gasteiger partial charge in [-0.2, -0.15) is 13.2 Å². The molecule has 2 aromatic rings. The van der Waals surface area contributed by atoms with Crippen LogP contribution in [0.15, 0.2) is 48.6 Å². The Bertz CT molecular complexity index is 953. The van der Waals surface area contributed by atoms with Crippen molar-refractivity contribution in [2.24, 2.45) is 5.92 Å². The molecule has 7 heteroatoms. The molecule has 0 radical (unpaired) electrons. The van der Waals surface area contributed by atoms with E-state index in [1.807, 2.05) is 12.2 Å². The molecule has 0 saturated heterocycles. The fourth-order valence-electron chi connectivity index (χ4n) is 4.31. The van der Waals surface area contributed by atoms with Crippen LogP contribution in [0, 0.1) is 23.0 Å². The standard InChI is InChI=1S/C20H17F3N2O2/c1-11-9-12(25(26)27)10-16-13-6-4-7-14(13)19(24-18(11)16)15-5-2-3-8-17(15)20(21,22)23/h2-6,8-10,13-14,19,24H,7H2,1H3/t13-,14+,19-/m0/s1. The summed E-state index contributed by atoms with van der Waals surface area (Å²) in [5.74, 6) is -0.270. The van der Waals surface area contributed by atoms with E-state index in [-0.39, 0.29) is 23.1 Å². The molecule has 0 aromatic heterocycles. The molecule has 4 rings (SSSR count). The first-order chi connectivity index (χ1) is 12.8. The number of rotatable bonds is 2. The SMILES string of the molecule is Cc1cc([N+](=O)[O-])cc2c1N[C@H](c1ccccc1C(F)(F)F)[C@@H]1CC=C[C@H]21. The van der Waals surface area contributed by atoms with Crippen molar-refractivity contribution >= 4 is 11.4 Å². The van der Waals surface area contributed by atoms with Gasteiger partial charge in [-0.3, -0.25) is 10.1 Å². The summed E-state index contributed by atoms with van der Waals surface area (Å²) in [7, 11) is 0. The number of fused-ring (bicyclic) bond motifs is 3. The van der Waals surface area contributed by atoms with Crippen molar-refractivity contribution in [3.8, 4) is 0 Å². The van der Waals surface area contributed by atoms with E-state index in [2.05, 4.69) is 5.32 Å². The van der Waals surface area contributed by atoms with E-state index in [1.165, 1.54) is 24.3 Å². The number of benzene rings is 2. The second-order valence-corrected chi connectivity index (χ2v) is 7.04. The summed E-state index contributed by atoms with van der Waals surface area (Å²) in [5, 5.41) is 14.5. The molecule has 140 valence electrons. The van der Waals surface area contributed by atoms with Gasteiger partial charge in [0.05, 0.1) is 16.5 Å². The number of hydrogen-bond acceptors (Lipinski definition) is 3. The fraction of sp³-hybridized carbons (Fsp3) is 0.300. The number of nitro benzene ring substituents is 1.